The van der Waals surface area contributed by atoms with Gasteiger partial charge in [-0.15, -0.1) is 0 Å². The highest BCUT2D eigenvalue weighted by atomic mass is 14.8. The van der Waals surface area contributed by atoms with Crippen LogP contribution in [0.5, 0.6) is 0 Å². The van der Waals surface area contributed by atoms with Crippen LogP contribution in [0.4, 0.5) is 0 Å². The molecule has 2 aromatic rings. The number of benzene rings is 2. The van der Waals surface area contributed by atoms with Crippen molar-refractivity contribution in [2.45, 2.75) is 39.8 Å². The van der Waals surface area contributed by atoms with Gasteiger partial charge in [-0.25, -0.2) is 0 Å². The Morgan fingerprint density at radius 3 is 1.25 bits per heavy atom. The van der Waals surface area contributed by atoms with Crippen molar-refractivity contribution in [2.24, 2.45) is 11.5 Å². The summed E-state index contributed by atoms with van der Waals surface area (Å²) >= 11 is 0. The lowest BCUT2D eigenvalue weighted by Gasteiger charge is -2.22. The van der Waals surface area contributed by atoms with Crippen molar-refractivity contribution < 1.29 is 0 Å². The summed E-state index contributed by atoms with van der Waals surface area (Å²) in [6, 6.07) is 12.3. The van der Waals surface area contributed by atoms with Gasteiger partial charge in [0.05, 0.1) is 0 Å². The van der Waals surface area contributed by atoms with E-state index in [4.69, 9.17) is 11.5 Å². The Bertz CT molecular complexity index is 561. The normalized spacial score (nSPS) is 14.1. The number of nitrogens with two attached hydrogens (primary N) is 2. The molecule has 0 spiro atoms. The minimum atomic E-state index is -0.184. The number of aryl methyl sites for hydroxylation is 4. The molecule has 2 rings (SSSR count). The molecule has 2 unspecified atom stereocenters. The maximum atomic E-state index is 6.35. The van der Waals surface area contributed by atoms with E-state index in [1.54, 1.807) is 0 Å². The highest BCUT2D eigenvalue weighted by Crippen LogP contribution is 2.27. The molecule has 0 amide bonds. The fraction of sp³-hybridized carbons (Fsp3) is 0.333. The summed E-state index contributed by atoms with van der Waals surface area (Å²) in [6.07, 6.45) is 0. The quantitative estimate of drug-likeness (QED) is 0.893. The number of hydrogen-bond acceptors (Lipinski definition) is 2. The fourth-order valence-corrected chi connectivity index (χ4v) is 2.36. The Kier molecular flexibility index (Phi) is 4.26. The molecule has 0 radical (unpaired) electrons. The summed E-state index contributed by atoms with van der Waals surface area (Å²) in [5.41, 5.74) is 20.0. The molecule has 2 heteroatoms. The van der Waals surface area contributed by atoms with Gasteiger partial charge in [0.15, 0.2) is 0 Å². The van der Waals surface area contributed by atoms with Crippen LogP contribution in [-0.4, -0.2) is 0 Å². The molecule has 2 aromatic carbocycles. The Labute approximate surface area is 121 Å². The Balaban J connectivity index is 2.29. The molecule has 0 saturated carbocycles. The molecule has 20 heavy (non-hydrogen) atoms. The van der Waals surface area contributed by atoms with E-state index < -0.39 is 0 Å². The Hall–Kier alpha value is -1.64. The first-order chi connectivity index (χ1) is 9.40. The molecule has 4 N–H and O–H groups in total. The third-order valence-electron chi connectivity index (χ3n) is 4.22. The lowest BCUT2D eigenvalue weighted by atomic mass is 9.91. The maximum Gasteiger partial charge on any atom is 0.0491 e. The molecule has 0 bridgehead atoms. The number of rotatable bonds is 3. The van der Waals surface area contributed by atoms with Gasteiger partial charge in [-0.1, -0.05) is 36.4 Å². The summed E-state index contributed by atoms with van der Waals surface area (Å²) < 4.78 is 0. The van der Waals surface area contributed by atoms with Gasteiger partial charge in [-0.2, -0.15) is 0 Å². The van der Waals surface area contributed by atoms with Gasteiger partial charge in [0.2, 0.25) is 0 Å². The van der Waals surface area contributed by atoms with Crippen molar-refractivity contribution in [3.63, 3.8) is 0 Å². The average molecular weight is 268 g/mol. The van der Waals surface area contributed by atoms with E-state index in [1.165, 1.54) is 22.3 Å². The molecule has 0 aromatic heterocycles. The topological polar surface area (TPSA) is 52.0 Å². The first-order valence-electron chi connectivity index (χ1n) is 7.05. The van der Waals surface area contributed by atoms with Crippen LogP contribution in [0.1, 0.15) is 45.5 Å². The summed E-state index contributed by atoms with van der Waals surface area (Å²) in [6.45, 7) is 8.42. The second-order valence-electron chi connectivity index (χ2n) is 5.74. The van der Waals surface area contributed by atoms with Crippen molar-refractivity contribution in [1.82, 2.24) is 0 Å². The van der Waals surface area contributed by atoms with E-state index in [1.807, 2.05) is 0 Å². The van der Waals surface area contributed by atoms with Gasteiger partial charge in [0.1, 0.15) is 0 Å². The van der Waals surface area contributed by atoms with Crippen LogP contribution in [0.25, 0.3) is 0 Å². The maximum absolute atomic E-state index is 6.35. The summed E-state index contributed by atoms with van der Waals surface area (Å²) in [5.74, 6) is 0. The van der Waals surface area contributed by atoms with Crippen molar-refractivity contribution in [1.29, 1.82) is 0 Å². The van der Waals surface area contributed by atoms with E-state index in [-0.39, 0.29) is 12.1 Å². The van der Waals surface area contributed by atoms with Crippen LogP contribution in [0, 0.1) is 27.7 Å². The third-order valence-corrected chi connectivity index (χ3v) is 4.22. The SMILES string of the molecule is Cc1ccc(C(N)C(N)c2ccc(C)c(C)c2)cc1C. The van der Waals surface area contributed by atoms with Gasteiger partial charge in [0, 0.05) is 12.1 Å². The largest absolute Gasteiger partial charge is 0.322 e. The van der Waals surface area contributed by atoms with Gasteiger partial charge >= 0.3 is 0 Å². The van der Waals surface area contributed by atoms with E-state index >= 15 is 0 Å². The highest BCUT2D eigenvalue weighted by molar-refractivity contribution is 5.36. The first-order valence-corrected chi connectivity index (χ1v) is 7.05. The van der Waals surface area contributed by atoms with Crippen LogP contribution in [0.15, 0.2) is 36.4 Å². The van der Waals surface area contributed by atoms with E-state index in [0.29, 0.717) is 0 Å². The molecule has 0 heterocycles. The molecule has 0 saturated heterocycles. The molecular weight excluding hydrogens is 244 g/mol. The monoisotopic (exact) mass is 268 g/mol. The summed E-state index contributed by atoms with van der Waals surface area (Å²) in [7, 11) is 0. The zero-order chi connectivity index (χ0) is 14.9. The van der Waals surface area contributed by atoms with E-state index in [9.17, 15) is 0 Å². The standard InChI is InChI=1S/C18H24N2/c1-11-5-7-15(9-13(11)3)17(19)18(20)16-8-6-12(2)14(4)10-16/h5-10,17-18H,19-20H2,1-4H3. The molecule has 2 nitrogen and oxygen atoms in total. The van der Waals surface area contributed by atoms with Crippen LogP contribution in [-0.2, 0) is 0 Å². The lowest BCUT2D eigenvalue weighted by molar-refractivity contribution is 0.573. The zero-order valence-electron chi connectivity index (χ0n) is 12.8. The fourth-order valence-electron chi connectivity index (χ4n) is 2.36. The van der Waals surface area contributed by atoms with Crippen LogP contribution < -0.4 is 11.5 Å². The highest BCUT2D eigenvalue weighted by Gasteiger charge is 2.18. The van der Waals surface area contributed by atoms with Gasteiger partial charge < -0.3 is 11.5 Å². The molecular formula is C18H24N2. The Morgan fingerprint density at radius 2 is 0.950 bits per heavy atom. The van der Waals surface area contributed by atoms with Crippen LogP contribution >= 0.6 is 0 Å². The minimum Gasteiger partial charge on any atom is -0.322 e. The Morgan fingerprint density at radius 1 is 0.600 bits per heavy atom. The van der Waals surface area contributed by atoms with Gasteiger partial charge in [-0.05, 0) is 61.1 Å². The van der Waals surface area contributed by atoms with Crippen LogP contribution in [0.2, 0.25) is 0 Å². The van der Waals surface area contributed by atoms with Gasteiger partial charge in [0.25, 0.3) is 0 Å². The summed E-state index contributed by atoms with van der Waals surface area (Å²) in [4.78, 5) is 0. The van der Waals surface area contributed by atoms with Gasteiger partial charge in [-0.3, -0.25) is 0 Å². The van der Waals surface area contributed by atoms with Crippen molar-refractivity contribution in [3.05, 3.63) is 69.8 Å². The molecule has 0 aliphatic carbocycles. The molecule has 106 valence electrons. The average Bonchev–Trinajstić information content (AvgIpc) is 2.43. The van der Waals surface area contributed by atoms with E-state index in [2.05, 4.69) is 64.1 Å². The van der Waals surface area contributed by atoms with Crippen LogP contribution in [0.3, 0.4) is 0 Å². The second-order valence-corrected chi connectivity index (χ2v) is 5.74. The minimum absolute atomic E-state index is 0.184. The zero-order valence-corrected chi connectivity index (χ0v) is 12.8. The molecule has 0 aliphatic rings. The van der Waals surface area contributed by atoms with E-state index in [0.717, 1.165) is 11.1 Å². The molecule has 2 atom stereocenters. The third kappa shape index (κ3) is 2.92. The predicted octanol–water partition coefficient (Wildman–Crippen LogP) is 3.62. The molecule has 0 aliphatic heterocycles. The first kappa shape index (κ1) is 14.8. The summed E-state index contributed by atoms with van der Waals surface area (Å²) in [5, 5.41) is 0. The lowest BCUT2D eigenvalue weighted by Crippen LogP contribution is -2.26. The number of hydrogen-bond donors (Lipinski definition) is 2. The van der Waals surface area contributed by atoms with Crippen molar-refractivity contribution >= 4 is 0 Å². The predicted molar refractivity (Wildman–Crippen MR) is 85.7 cm³/mol. The second kappa shape index (κ2) is 5.78. The molecule has 0 fully saturated rings. The van der Waals surface area contributed by atoms with Crippen molar-refractivity contribution in [2.75, 3.05) is 0 Å². The van der Waals surface area contributed by atoms with Crippen molar-refractivity contribution in [3.8, 4) is 0 Å². The smallest absolute Gasteiger partial charge is 0.0491 e.